The number of fused-ring (bicyclic) bond motifs is 1. The molecule has 0 atom stereocenters. The summed E-state index contributed by atoms with van der Waals surface area (Å²) < 4.78 is 0. The zero-order valence-corrected chi connectivity index (χ0v) is 12.1. The SMILES string of the molecule is CCCCc1ccc(C(C)=O)c2c1C(C)(C)CC2. The fourth-order valence-electron chi connectivity index (χ4n) is 3.27. The molecule has 0 heterocycles. The zero-order valence-electron chi connectivity index (χ0n) is 12.1. The third kappa shape index (κ3) is 2.23. The van der Waals surface area contributed by atoms with Crippen LogP contribution in [-0.4, -0.2) is 5.78 Å². The molecule has 1 nitrogen and oxygen atoms in total. The Morgan fingerprint density at radius 2 is 2.06 bits per heavy atom. The van der Waals surface area contributed by atoms with Crippen molar-refractivity contribution in [3.8, 4) is 0 Å². The lowest BCUT2D eigenvalue weighted by molar-refractivity contribution is 0.101. The van der Waals surface area contributed by atoms with Crippen molar-refractivity contribution in [1.29, 1.82) is 0 Å². The van der Waals surface area contributed by atoms with Gasteiger partial charge in [0, 0.05) is 5.56 Å². The lowest BCUT2D eigenvalue weighted by Crippen LogP contribution is -2.15. The van der Waals surface area contributed by atoms with E-state index in [9.17, 15) is 4.79 Å². The van der Waals surface area contributed by atoms with Crippen molar-refractivity contribution in [2.24, 2.45) is 0 Å². The maximum atomic E-state index is 11.7. The molecule has 0 fully saturated rings. The molecule has 1 heteroatoms. The van der Waals surface area contributed by atoms with Crippen molar-refractivity contribution in [2.75, 3.05) is 0 Å². The average molecular weight is 244 g/mol. The van der Waals surface area contributed by atoms with Gasteiger partial charge in [0.15, 0.2) is 5.78 Å². The largest absolute Gasteiger partial charge is 0.295 e. The van der Waals surface area contributed by atoms with Gasteiger partial charge in [-0.15, -0.1) is 0 Å². The first-order valence-electron chi connectivity index (χ1n) is 7.13. The number of aryl methyl sites for hydroxylation is 1. The van der Waals surface area contributed by atoms with Crippen molar-refractivity contribution in [1.82, 2.24) is 0 Å². The topological polar surface area (TPSA) is 17.1 Å². The molecule has 0 unspecified atom stereocenters. The molecular weight excluding hydrogens is 220 g/mol. The van der Waals surface area contributed by atoms with Crippen LogP contribution in [0.1, 0.15) is 74.0 Å². The molecule has 18 heavy (non-hydrogen) atoms. The first-order chi connectivity index (χ1) is 8.47. The number of carbonyl (C=O) groups is 1. The summed E-state index contributed by atoms with van der Waals surface area (Å²) in [5.74, 6) is 0.214. The lowest BCUT2D eigenvalue weighted by Gasteiger charge is -2.23. The summed E-state index contributed by atoms with van der Waals surface area (Å²) in [4.78, 5) is 11.7. The number of rotatable bonds is 4. The fourth-order valence-corrected chi connectivity index (χ4v) is 3.27. The molecule has 1 aromatic rings. The number of carbonyl (C=O) groups excluding carboxylic acids is 1. The highest BCUT2D eigenvalue weighted by Crippen LogP contribution is 2.42. The van der Waals surface area contributed by atoms with Crippen LogP contribution in [0.5, 0.6) is 0 Å². The minimum atomic E-state index is 0.214. The molecule has 0 saturated heterocycles. The molecule has 98 valence electrons. The number of Topliss-reactive ketones (excluding diaryl/α,β-unsaturated/α-hetero) is 1. The summed E-state index contributed by atoms with van der Waals surface area (Å²) in [7, 11) is 0. The van der Waals surface area contributed by atoms with Crippen LogP contribution < -0.4 is 0 Å². The van der Waals surface area contributed by atoms with Gasteiger partial charge >= 0.3 is 0 Å². The zero-order chi connectivity index (χ0) is 13.3. The van der Waals surface area contributed by atoms with Gasteiger partial charge in [-0.3, -0.25) is 4.79 Å². The van der Waals surface area contributed by atoms with Gasteiger partial charge in [-0.25, -0.2) is 0 Å². The summed E-state index contributed by atoms with van der Waals surface area (Å²) in [5, 5.41) is 0. The van der Waals surface area contributed by atoms with E-state index >= 15 is 0 Å². The van der Waals surface area contributed by atoms with Gasteiger partial charge in [-0.2, -0.15) is 0 Å². The smallest absolute Gasteiger partial charge is 0.160 e. The molecule has 0 aromatic heterocycles. The summed E-state index contributed by atoms with van der Waals surface area (Å²) in [5.41, 5.74) is 5.48. The Kier molecular flexibility index (Phi) is 3.61. The third-order valence-electron chi connectivity index (χ3n) is 4.25. The average Bonchev–Trinajstić information content (AvgIpc) is 2.63. The first kappa shape index (κ1) is 13.3. The second kappa shape index (κ2) is 4.87. The number of unbranched alkanes of at least 4 members (excludes halogenated alkanes) is 1. The standard InChI is InChI=1S/C17H24O/c1-5-6-7-13-8-9-14(12(2)18)15-10-11-17(3,4)16(13)15/h8-9H,5-7,10-11H2,1-4H3. The normalized spacial score (nSPS) is 16.7. The summed E-state index contributed by atoms with van der Waals surface area (Å²) in [6, 6.07) is 4.24. The van der Waals surface area contributed by atoms with Crippen LogP contribution in [0.15, 0.2) is 12.1 Å². The van der Waals surface area contributed by atoms with Crippen LogP contribution in [0.4, 0.5) is 0 Å². The Morgan fingerprint density at radius 1 is 1.33 bits per heavy atom. The van der Waals surface area contributed by atoms with Crippen molar-refractivity contribution >= 4 is 5.78 Å². The maximum Gasteiger partial charge on any atom is 0.160 e. The van der Waals surface area contributed by atoms with Gasteiger partial charge in [-0.05, 0) is 54.7 Å². The van der Waals surface area contributed by atoms with E-state index in [-0.39, 0.29) is 11.2 Å². The summed E-state index contributed by atoms with van der Waals surface area (Å²) in [6.07, 6.45) is 5.86. The summed E-state index contributed by atoms with van der Waals surface area (Å²) in [6.45, 7) is 8.55. The number of benzene rings is 1. The van der Waals surface area contributed by atoms with Gasteiger partial charge in [0.2, 0.25) is 0 Å². The Hall–Kier alpha value is -1.11. The monoisotopic (exact) mass is 244 g/mol. The van der Waals surface area contributed by atoms with Crippen LogP contribution >= 0.6 is 0 Å². The van der Waals surface area contributed by atoms with Crippen LogP contribution in [0, 0.1) is 0 Å². The fraction of sp³-hybridized carbons (Fsp3) is 0.588. The van der Waals surface area contributed by atoms with Gasteiger partial charge in [0.05, 0.1) is 0 Å². The first-order valence-corrected chi connectivity index (χ1v) is 7.13. The van der Waals surface area contributed by atoms with Crippen LogP contribution in [0.25, 0.3) is 0 Å². The Morgan fingerprint density at radius 3 is 2.67 bits per heavy atom. The molecule has 0 saturated carbocycles. The van der Waals surface area contributed by atoms with E-state index in [0.717, 1.165) is 18.4 Å². The van der Waals surface area contributed by atoms with Gasteiger partial charge in [0.1, 0.15) is 0 Å². The van der Waals surface area contributed by atoms with Crippen LogP contribution in [0.3, 0.4) is 0 Å². The Balaban J connectivity index is 2.52. The van der Waals surface area contributed by atoms with Crippen molar-refractivity contribution < 1.29 is 4.79 Å². The second-order valence-electron chi connectivity index (χ2n) is 6.17. The molecule has 0 bridgehead atoms. The molecular formula is C17H24O. The molecule has 0 spiro atoms. The van der Waals surface area contributed by atoms with Gasteiger partial charge < -0.3 is 0 Å². The number of hydrogen-bond acceptors (Lipinski definition) is 1. The molecule has 0 amide bonds. The predicted molar refractivity (Wildman–Crippen MR) is 76.4 cm³/mol. The second-order valence-corrected chi connectivity index (χ2v) is 6.17. The van der Waals surface area contributed by atoms with Gasteiger partial charge in [0.25, 0.3) is 0 Å². The molecule has 1 aromatic carbocycles. The third-order valence-corrected chi connectivity index (χ3v) is 4.25. The Bertz CT molecular complexity index is 469. The molecule has 1 aliphatic rings. The quantitative estimate of drug-likeness (QED) is 0.715. The summed E-state index contributed by atoms with van der Waals surface area (Å²) >= 11 is 0. The number of ketones is 1. The molecule has 0 aliphatic heterocycles. The lowest BCUT2D eigenvalue weighted by atomic mass is 9.81. The Labute approximate surface area is 111 Å². The number of hydrogen-bond donors (Lipinski definition) is 0. The van der Waals surface area contributed by atoms with E-state index in [2.05, 4.69) is 26.8 Å². The van der Waals surface area contributed by atoms with E-state index in [4.69, 9.17) is 0 Å². The highest BCUT2D eigenvalue weighted by Gasteiger charge is 2.34. The maximum absolute atomic E-state index is 11.7. The van der Waals surface area contributed by atoms with Gasteiger partial charge in [-0.1, -0.05) is 39.3 Å². The minimum Gasteiger partial charge on any atom is -0.295 e. The molecule has 2 rings (SSSR count). The predicted octanol–water partition coefficient (Wildman–Crippen LogP) is 4.46. The minimum absolute atomic E-state index is 0.214. The van der Waals surface area contributed by atoms with E-state index < -0.39 is 0 Å². The van der Waals surface area contributed by atoms with E-state index in [1.807, 2.05) is 6.07 Å². The van der Waals surface area contributed by atoms with Crippen molar-refractivity contribution in [2.45, 2.75) is 65.2 Å². The van der Waals surface area contributed by atoms with Crippen molar-refractivity contribution in [3.05, 3.63) is 34.4 Å². The van der Waals surface area contributed by atoms with E-state index in [0.29, 0.717) is 0 Å². The van der Waals surface area contributed by atoms with Crippen LogP contribution in [-0.2, 0) is 18.3 Å². The van der Waals surface area contributed by atoms with E-state index in [1.165, 1.54) is 36.0 Å². The molecule has 1 aliphatic carbocycles. The molecule has 0 N–H and O–H groups in total. The van der Waals surface area contributed by atoms with Crippen molar-refractivity contribution in [3.63, 3.8) is 0 Å². The highest BCUT2D eigenvalue weighted by atomic mass is 16.1. The highest BCUT2D eigenvalue weighted by molar-refractivity contribution is 5.96. The van der Waals surface area contributed by atoms with Crippen LogP contribution in [0.2, 0.25) is 0 Å². The van der Waals surface area contributed by atoms with E-state index in [1.54, 1.807) is 6.92 Å². The molecule has 0 radical (unpaired) electrons.